The first-order chi connectivity index (χ1) is 22.3. The van der Waals surface area contributed by atoms with Crippen LogP contribution < -0.4 is 20.9 Å². The van der Waals surface area contributed by atoms with Gasteiger partial charge in [-0.25, -0.2) is 18.4 Å². The van der Waals surface area contributed by atoms with Gasteiger partial charge in [0.15, 0.2) is 11.6 Å². The lowest BCUT2D eigenvalue weighted by Gasteiger charge is -2.42. The van der Waals surface area contributed by atoms with E-state index in [2.05, 4.69) is 64.5 Å². The van der Waals surface area contributed by atoms with Gasteiger partial charge in [0.05, 0.1) is 19.4 Å². The van der Waals surface area contributed by atoms with Crippen LogP contribution in [0.5, 0.6) is 0 Å². The molecule has 5 rings (SSSR count). The highest BCUT2D eigenvalue weighted by Gasteiger charge is 2.40. The van der Waals surface area contributed by atoms with Gasteiger partial charge in [-0.15, -0.1) is 12.4 Å². The van der Waals surface area contributed by atoms with E-state index in [1.807, 2.05) is 12.1 Å². The van der Waals surface area contributed by atoms with Crippen LogP contribution in [0.25, 0.3) is 0 Å². The molecule has 1 atom stereocenters. The Labute approximate surface area is 279 Å². The van der Waals surface area contributed by atoms with Crippen molar-refractivity contribution in [3.05, 3.63) is 113 Å². The van der Waals surface area contributed by atoms with Crippen LogP contribution >= 0.6 is 12.4 Å². The van der Waals surface area contributed by atoms with Gasteiger partial charge >= 0.3 is 12.0 Å². The Balaban J connectivity index is 0.00000500. The molecule has 1 saturated carbocycles. The van der Waals surface area contributed by atoms with Crippen LogP contribution in [-0.2, 0) is 24.5 Å². The fourth-order valence-electron chi connectivity index (χ4n) is 6.55. The number of urea groups is 1. The monoisotopic (exact) mass is 668 g/mol. The molecule has 0 spiro atoms. The molecule has 3 N–H and O–H groups in total. The number of carbonyl (C=O) groups is 3. The largest absolute Gasteiger partial charge is 0.465 e. The Kier molecular flexibility index (Phi) is 12.1. The van der Waals surface area contributed by atoms with Gasteiger partial charge < -0.3 is 25.4 Å². The maximum atomic E-state index is 14.4. The summed E-state index contributed by atoms with van der Waals surface area (Å²) in [6.45, 7) is 0.124. The maximum absolute atomic E-state index is 14.4. The Hall–Kier alpha value is -4.32. The quantitative estimate of drug-likeness (QED) is 0.238. The number of rotatable bonds is 11. The number of benzene rings is 3. The lowest BCUT2D eigenvalue weighted by molar-refractivity contribution is -0.136. The fourth-order valence-corrected chi connectivity index (χ4v) is 6.55. The zero-order chi connectivity index (χ0) is 32.7. The lowest BCUT2D eigenvalue weighted by Crippen LogP contribution is -2.60. The zero-order valence-electron chi connectivity index (χ0n) is 26.3. The van der Waals surface area contributed by atoms with Gasteiger partial charge in [0.25, 0.3) is 0 Å². The summed E-state index contributed by atoms with van der Waals surface area (Å²) in [4.78, 5) is 40.5. The lowest BCUT2D eigenvalue weighted by atomic mass is 9.64. The Morgan fingerprint density at radius 2 is 1.55 bits per heavy atom. The molecule has 1 fully saturated rings. The zero-order valence-corrected chi connectivity index (χ0v) is 27.1. The van der Waals surface area contributed by atoms with Crippen LogP contribution in [-0.4, -0.2) is 57.5 Å². The third-order valence-electron chi connectivity index (χ3n) is 8.80. The number of amides is 3. The highest BCUT2D eigenvalue weighted by atomic mass is 35.5. The highest BCUT2D eigenvalue weighted by molar-refractivity contribution is 6.01. The van der Waals surface area contributed by atoms with Crippen molar-refractivity contribution in [2.45, 2.75) is 49.7 Å². The van der Waals surface area contributed by atoms with Crippen molar-refractivity contribution >= 4 is 36.0 Å². The Morgan fingerprint density at radius 1 is 0.936 bits per heavy atom. The van der Waals surface area contributed by atoms with Crippen molar-refractivity contribution in [1.82, 2.24) is 16.0 Å². The summed E-state index contributed by atoms with van der Waals surface area (Å²) in [7, 11) is 2.54. The molecule has 0 bridgehead atoms. The van der Waals surface area contributed by atoms with Crippen LogP contribution in [0.3, 0.4) is 0 Å². The molecule has 0 aromatic heterocycles. The molecule has 12 heteroatoms. The van der Waals surface area contributed by atoms with Crippen LogP contribution in [0, 0.1) is 11.6 Å². The number of hydrogen-bond acceptors (Lipinski definition) is 6. The smallest absolute Gasteiger partial charge is 0.339 e. The molecule has 3 aromatic rings. The summed E-state index contributed by atoms with van der Waals surface area (Å²) < 4.78 is 38.4. The number of halogens is 3. The molecule has 3 aromatic carbocycles. The van der Waals surface area contributed by atoms with Gasteiger partial charge in [-0.2, -0.15) is 0 Å². The van der Waals surface area contributed by atoms with Gasteiger partial charge in [0.2, 0.25) is 5.91 Å². The molecule has 1 aliphatic carbocycles. The maximum Gasteiger partial charge on any atom is 0.339 e. The SMILES string of the molecule is COCC1=C(C(=O)OC)C(N(C(=O)CCNC2CCC(c3ccccc3)(c3ccccc3)CC2)c2ccc(F)c(F)c2)NC(=O)N1.Cl. The van der Waals surface area contributed by atoms with E-state index in [4.69, 9.17) is 9.47 Å². The van der Waals surface area contributed by atoms with Crippen molar-refractivity contribution in [3.63, 3.8) is 0 Å². The number of anilines is 1. The molecule has 250 valence electrons. The molecule has 9 nitrogen and oxygen atoms in total. The predicted molar refractivity (Wildman–Crippen MR) is 176 cm³/mol. The van der Waals surface area contributed by atoms with E-state index < -0.39 is 35.7 Å². The number of esters is 1. The summed E-state index contributed by atoms with van der Waals surface area (Å²) in [6.07, 6.45) is 2.19. The third-order valence-corrected chi connectivity index (χ3v) is 8.80. The van der Waals surface area contributed by atoms with Gasteiger partial charge in [-0.05, 0) is 48.9 Å². The molecule has 0 radical (unpaired) electrons. The molecule has 1 unspecified atom stereocenters. The van der Waals surface area contributed by atoms with Crippen molar-refractivity contribution < 1.29 is 32.6 Å². The number of ether oxygens (including phenoxy) is 2. The Morgan fingerprint density at radius 3 is 2.11 bits per heavy atom. The van der Waals surface area contributed by atoms with E-state index in [0.29, 0.717) is 0 Å². The van der Waals surface area contributed by atoms with E-state index in [1.165, 1.54) is 24.3 Å². The molecule has 1 heterocycles. The van der Waals surface area contributed by atoms with Crippen molar-refractivity contribution in [3.8, 4) is 0 Å². The first kappa shape index (κ1) is 35.5. The van der Waals surface area contributed by atoms with Crippen LogP contribution in [0.15, 0.2) is 90.1 Å². The second-order valence-electron chi connectivity index (χ2n) is 11.5. The molecule has 3 amide bonds. The van der Waals surface area contributed by atoms with E-state index in [1.54, 1.807) is 0 Å². The van der Waals surface area contributed by atoms with Gasteiger partial charge in [-0.1, -0.05) is 60.7 Å². The molecule has 2 aliphatic rings. The molecule has 1 aliphatic heterocycles. The average molecular weight is 669 g/mol. The Bertz CT molecular complexity index is 1540. The van der Waals surface area contributed by atoms with Crippen LogP contribution in [0.1, 0.15) is 43.2 Å². The van der Waals surface area contributed by atoms with Gasteiger partial charge in [-0.3, -0.25) is 9.69 Å². The number of methoxy groups -OCH3 is 2. The summed E-state index contributed by atoms with van der Waals surface area (Å²) in [6, 6.07) is 23.5. The van der Waals surface area contributed by atoms with Gasteiger partial charge in [0, 0.05) is 43.3 Å². The molecule has 0 saturated heterocycles. The minimum Gasteiger partial charge on any atom is -0.465 e. The molecular formula is C35H39ClF2N4O5. The van der Waals surface area contributed by atoms with Crippen molar-refractivity contribution in [2.24, 2.45) is 0 Å². The topological polar surface area (TPSA) is 109 Å². The van der Waals surface area contributed by atoms with E-state index in [9.17, 15) is 23.2 Å². The second-order valence-corrected chi connectivity index (χ2v) is 11.5. The fraction of sp³-hybridized carbons (Fsp3) is 0.343. The summed E-state index contributed by atoms with van der Waals surface area (Å²) in [5.74, 6) is -3.64. The first-order valence-electron chi connectivity index (χ1n) is 15.3. The molecule has 47 heavy (non-hydrogen) atoms. The first-order valence-corrected chi connectivity index (χ1v) is 15.3. The number of hydrogen-bond donors (Lipinski definition) is 3. The van der Waals surface area contributed by atoms with Crippen LogP contribution in [0.4, 0.5) is 19.3 Å². The van der Waals surface area contributed by atoms with Crippen molar-refractivity contribution in [2.75, 3.05) is 32.3 Å². The van der Waals surface area contributed by atoms with E-state index >= 15 is 0 Å². The second kappa shape index (κ2) is 16.0. The number of carbonyl (C=O) groups excluding carboxylic acids is 3. The minimum absolute atomic E-state index is 0. The standard InChI is InChI=1S/C35H38F2N4O5.ClH/c1-45-22-29-31(33(43)46-2)32(40-34(44)39-29)41(26-13-14-27(36)28(37)21-26)30(42)17-20-38-25-15-18-35(19-16-25,23-9-5-3-6-10-23)24-11-7-4-8-12-24;/h3-14,21,25,32,38H,15-20,22H2,1-2H3,(H2,39,40,44);1H. The average Bonchev–Trinajstić information content (AvgIpc) is 3.07. The predicted octanol–water partition coefficient (Wildman–Crippen LogP) is 5.34. The van der Waals surface area contributed by atoms with Crippen LogP contribution in [0.2, 0.25) is 0 Å². The van der Waals surface area contributed by atoms with E-state index in [-0.39, 0.29) is 60.4 Å². The highest BCUT2D eigenvalue weighted by Crippen LogP contribution is 2.44. The van der Waals surface area contributed by atoms with Gasteiger partial charge in [0.1, 0.15) is 11.7 Å². The summed E-state index contributed by atoms with van der Waals surface area (Å²) >= 11 is 0. The van der Waals surface area contributed by atoms with E-state index in [0.717, 1.165) is 49.8 Å². The third kappa shape index (κ3) is 7.81. The normalized spacial score (nSPS) is 17.6. The number of nitrogens with one attached hydrogen (secondary N) is 3. The number of nitrogens with zero attached hydrogens (tertiary/aromatic N) is 1. The minimum atomic E-state index is -1.37. The molecular weight excluding hydrogens is 630 g/mol. The summed E-state index contributed by atoms with van der Waals surface area (Å²) in [5, 5.41) is 8.58. The summed E-state index contributed by atoms with van der Waals surface area (Å²) in [5.41, 5.74) is 2.41. The van der Waals surface area contributed by atoms with Crippen molar-refractivity contribution in [1.29, 1.82) is 0 Å².